The number of aliphatic hydroxyl groups is 3. The average Bonchev–Trinajstić information content (AvgIpc) is 3.24. The predicted octanol–water partition coefficient (Wildman–Crippen LogP) is 4.06. The summed E-state index contributed by atoms with van der Waals surface area (Å²) in [6.07, 6.45) is -1.47. The topological polar surface area (TPSA) is 121 Å². The summed E-state index contributed by atoms with van der Waals surface area (Å²) in [5.74, 6) is 0. The first-order valence-electron chi connectivity index (χ1n) is 11.8. The van der Waals surface area contributed by atoms with Crippen LogP contribution in [0.25, 0.3) is 33.5 Å². The monoisotopic (exact) mass is 509 g/mol. The van der Waals surface area contributed by atoms with Crippen LogP contribution >= 0.6 is 11.6 Å². The van der Waals surface area contributed by atoms with Gasteiger partial charge in [-0.05, 0) is 36.6 Å². The molecule has 3 atom stereocenters. The summed E-state index contributed by atoms with van der Waals surface area (Å²) >= 11 is 6.56. The van der Waals surface area contributed by atoms with E-state index in [-0.39, 0.29) is 19.2 Å². The maximum absolute atomic E-state index is 10.2. The van der Waals surface area contributed by atoms with Gasteiger partial charge in [0.2, 0.25) is 0 Å². The highest BCUT2D eigenvalue weighted by Gasteiger charge is 2.31. The molecule has 1 aliphatic rings. The van der Waals surface area contributed by atoms with Crippen LogP contribution in [0.5, 0.6) is 6.01 Å². The maximum Gasteiger partial charge on any atom is 0.296 e. The summed E-state index contributed by atoms with van der Waals surface area (Å²) in [4.78, 5) is 12.1. The van der Waals surface area contributed by atoms with Crippen LogP contribution < -0.4 is 4.74 Å². The van der Waals surface area contributed by atoms with E-state index in [2.05, 4.69) is 15.0 Å². The zero-order valence-electron chi connectivity index (χ0n) is 20.0. The van der Waals surface area contributed by atoms with Crippen molar-refractivity contribution >= 4 is 22.8 Å². The van der Waals surface area contributed by atoms with Crippen molar-refractivity contribution in [2.75, 3.05) is 13.2 Å². The van der Waals surface area contributed by atoms with E-state index in [9.17, 15) is 15.3 Å². The quantitative estimate of drug-likeness (QED) is 0.309. The predicted molar refractivity (Wildman–Crippen MR) is 137 cm³/mol. The second-order valence-corrected chi connectivity index (χ2v) is 9.95. The summed E-state index contributed by atoms with van der Waals surface area (Å²) in [7, 11) is 0. The van der Waals surface area contributed by atoms with Gasteiger partial charge in [-0.3, -0.25) is 0 Å². The molecule has 2 aromatic heterocycles. The number of aromatic nitrogens is 3. The lowest BCUT2D eigenvalue weighted by Gasteiger charge is -2.31. The Morgan fingerprint density at radius 1 is 1.06 bits per heavy atom. The van der Waals surface area contributed by atoms with Gasteiger partial charge in [0.1, 0.15) is 12.2 Å². The largest absolute Gasteiger partial charge is 0.459 e. The summed E-state index contributed by atoms with van der Waals surface area (Å²) in [5, 5.41) is 29.9. The van der Waals surface area contributed by atoms with Crippen LogP contribution in [-0.2, 0) is 10.3 Å². The van der Waals surface area contributed by atoms with Gasteiger partial charge in [0.15, 0.2) is 5.65 Å². The molecular formula is C27H28ClN3O5. The zero-order chi connectivity index (χ0) is 25.4. The van der Waals surface area contributed by atoms with E-state index in [1.165, 1.54) is 0 Å². The molecule has 0 bridgehead atoms. The number of ether oxygens (including phenoxy) is 2. The first-order valence-corrected chi connectivity index (χ1v) is 12.2. The van der Waals surface area contributed by atoms with Crippen molar-refractivity contribution in [1.29, 1.82) is 0 Å². The minimum Gasteiger partial charge on any atom is -0.459 e. The van der Waals surface area contributed by atoms with E-state index in [0.717, 1.165) is 22.3 Å². The Kier molecular flexibility index (Phi) is 6.72. The van der Waals surface area contributed by atoms with Gasteiger partial charge in [0.25, 0.3) is 6.01 Å². The second kappa shape index (κ2) is 9.80. The number of hydrogen-bond acceptors (Lipinski definition) is 7. The molecule has 0 aliphatic carbocycles. The standard InChI is InChI=1S/C27H28ClN3O5/c1-27(2,34)18-9-7-16(8-10-18)15-3-5-17(6-4-15)24-20(28)12-21-25(30-24)31-26(29-21)36-19-11-22(33)23(13-32)35-14-19/h3-10,12,19,22-23,32-34H,11,13-14H2,1-2H3,(H,29,30,31). The van der Waals surface area contributed by atoms with Crippen molar-refractivity contribution in [3.63, 3.8) is 0 Å². The Balaban J connectivity index is 1.34. The number of halogens is 1. The molecule has 9 heteroatoms. The third-order valence-corrected chi connectivity index (χ3v) is 6.66. The number of pyridine rings is 1. The van der Waals surface area contributed by atoms with Crippen molar-refractivity contribution < 1.29 is 24.8 Å². The van der Waals surface area contributed by atoms with E-state index >= 15 is 0 Å². The molecule has 1 aliphatic heterocycles. The molecule has 5 rings (SSSR count). The third-order valence-electron chi connectivity index (χ3n) is 6.38. The van der Waals surface area contributed by atoms with Crippen molar-refractivity contribution in [2.45, 2.75) is 44.2 Å². The van der Waals surface area contributed by atoms with Gasteiger partial charge >= 0.3 is 0 Å². The lowest BCUT2D eigenvalue weighted by molar-refractivity contribution is -0.131. The van der Waals surface area contributed by atoms with Crippen molar-refractivity contribution in [1.82, 2.24) is 15.0 Å². The summed E-state index contributed by atoms with van der Waals surface area (Å²) in [6.45, 7) is 3.53. The number of rotatable bonds is 6. The number of nitrogens with one attached hydrogen (secondary N) is 1. The molecule has 4 aromatic rings. The van der Waals surface area contributed by atoms with Crippen molar-refractivity contribution in [3.05, 3.63) is 65.2 Å². The Morgan fingerprint density at radius 3 is 2.31 bits per heavy atom. The SMILES string of the molecule is CC(C)(O)c1ccc(-c2ccc(-c3nc4nc(OC5COC(CO)C(O)C5)[nH]c4cc3Cl)cc2)cc1. The zero-order valence-corrected chi connectivity index (χ0v) is 20.7. The highest BCUT2D eigenvalue weighted by Crippen LogP contribution is 2.32. The van der Waals surface area contributed by atoms with Crippen LogP contribution in [0.2, 0.25) is 5.02 Å². The van der Waals surface area contributed by atoms with Gasteiger partial charge in [0.05, 0.1) is 41.2 Å². The number of H-pyrrole nitrogens is 1. The lowest BCUT2D eigenvalue weighted by atomic mass is 9.95. The Hall–Kier alpha value is -3.01. The minimum absolute atomic E-state index is 0.237. The number of fused-ring (bicyclic) bond motifs is 1. The number of aromatic amines is 1. The van der Waals surface area contributed by atoms with E-state index in [1.807, 2.05) is 48.5 Å². The van der Waals surface area contributed by atoms with Crippen LogP contribution in [0.15, 0.2) is 54.6 Å². The fraction of sp³-hybridized carbons (Fsp3) is 0.333. The number of nitrogens with zero attached hydrogens (tertiary/aromatic N) is 2. The molecule has 0 saturated carbocycles. The lowest BCUT2D eigenvalue weighted by Crippen LogP contribution is -2.45. The van der Waals surface area contributed by atoms with Crippen LogP contribution in [0.3, 0.4) is 0 Å². The van der Waals surface area contributed by atoms with Crippen LogP contribution in [0, 0.1) is 0 Å². The molecule has 4 N–H and O–H groups in total. The van der Waals surface area contributed by atoms with Crippen LogP contribution in [-0.4, -0.2) is 61.8 Å². The van der Waals surface area contributed by atoms with Crippen LogP contribution in [0.1, 0.15) is 25.8 Å². The van der Waals surface area contributed by atoms with Gasteiger partial charge in [0, 0.05) is 12.0 Å². The van der Waals surface area contributed by atoms with Gasteiger partial charge in [-0.15, -0.1) is 0 Å². The number of imidazole rings is 1. The molecule has 2 aromatic carbocycles. The molecule has 3 heterocycles. The highest BCUT2D eigenvalue weighted by atomic mass is 35.5. The smallest absolute Gasteiger partial charge is 0.296 e. The summed E-state index contributed by atoms with van der Waals surface area (Å²) in [6, 6.07) is 17.8. The molecule has 0 amide bonds. The Bertz CT molecular complexity index is 1350. The fourth-order valence-corrected chi connectivity index (χ4v) is 4.55. The summed E-state index contributed by atoms with van der Waals surface area (Å²) < 4.78 is 11.3. The average molecular weight is 510 g/mol. The second-order valence-electron chi connectivity index (χ2n) is 9.54. The third kappa shape index (κ3) is 5.09. The van der Waals surface area contributed by atoms with Crippen molar-refractivity contribution in [2.24, 2.45) is 0 Å². The number of aliphatic hydroxyl groups excluding tert-OH is 2. The molecule has 8 nitrogen and oxygen atoms in total. The van der Waals surface area contributed by atoms with Gasteiger partial charge in [-0.2, -0.15) is 4.98 Å². The normalized spacial score (nSPS) is 20.6. The van der Waals surface area contributed by atoms with E-state index in [1.54, 1.807) is 19.9 Å². The molecule has 1 saturated heterocycles. The minimum atomic E-state index is -0.880. The molecule has 0 spiro atoms. The first kappa shape index (κ1) is 24.7. The van der Waals surface area contributed by atoms with E-state index in [4.69, 9.17) is 21.1 Å². The Labute approximate surface area is 213 Å². The number of hydrogen-bond donors (Lipinski definition) is 4. The number of benzene rings is 2. The Morgan fingerprint density at radius 2 is 1.69 bits per heavy atom. The molecule has 3 unspecified atom stereocenters. The van der Waals surface area contributed by atoms with Crippen molar-refractivity contribution in [3.8, 4) is 28.4 Å². The molecular weight excluding hydrogens is 482 g/mol. The van der Waals surface area contributed by atoms with Crippen LogP contribution in [0.4, 0.5) is 0 Å². The fourth-order valence-electron chi connectivity index (χ4n) is 4.29. The van der Waals surface area contributed by atoms with E-state index < -0.39 is 23.9 Å². The molecule has 0 radical (unpaired) electrons. The summed E-state index contributed by atoms with van der Waals surface area (Å²) in [5.41, 5.74) is 4.60. The maximum atomic E-state index is 10.2. The molecule has 36 heavy (non-hydrogen) atoms. The van der Waals surface area contributed by atoms with Gasteiger partial charge in [-0.25, -0.2) is 4.98 Å². The molecule has 188 valence electrons. The first-order chi connectivity index (χ1) is 17.2. The van der Waals surface area contributed by atoms with E-state index in [0.29, 0.717) is 28.3 Å². The van der Waals surface area contributed by atoms with Gasteiger partial charge in [-0.1, -0.05) is 60.1 Å². The van der Waals surface area contributed by atoms with Gasteiger partial charge < -0.3 is 29.8 Å². The highest BCUT2D eigenvalue weighted by molar-refractivity contribution is 6.33. The molecule has 1 fully saturated rings.